The molecule has 0 bridgehead atoms. The molecule has 1 amide bonds. The molecular formula is C17H17NO3. The van der Waals surface area contributed by atoms with Crippen molar-refractivity contribution in [2.24, 2.45) is 5.92 Å². The van der Waals surface area contributed by atoms with Crippen LogP contribution < -0.4 is 5.32 Å². The Kier molecular flexibility index (Phi) is 3.60. The summed E-state index contributed by atoms with van der Waals surface area (Å²) in [5.41, 5.74) is 0.973. The van der Waals surface area contributed by atoms with Gasteiger partial charge < -0.3 is 10.4 Å². The second kappa shape index (κ2) is 5.56. The third-order valence-electron chi connectivity index (χ3n) is 4.03. The monoisotopic (exact) mass is 283 g/mol. The molecule has 2 aromatic rings. The quantitative estimate of drug-likeness (QED) is 0.905. The number of benzene rings is 2. The number of hydrogen-bond donors (Lipinski definition) is 2. The van der Waals surface area contributed by atoms with E-state index >= 15 is 0 Å². The van der Waals surface area contributed by atoms with Gasteiger partial charge in [0.1, 0.15) is 0 Å². The number of hydrogen-bond acceptors (Lipinski definition) is 2. The first-order valence-electron chi connectivity index (χ1n) is 7.11. The lowest BCUT2D eigenvalue weighted by atomic mass is 9.80. The lowest BCUT2D eigenvalue weighted by Gasteiger charge is -2.32. The molecule has 0 atom stereocenters. The summed E-state index contributed by atoms with van der Waals surface area (Å²) < 4.78 is 0. The van der Waals surface area contributed by atoms with Gasteiger partial charge in [-0.25, -0.2) is 0 Å². The van der Waals surface area contributed by atoms with E-state index in [9.17, 15) is 9.59 Å². The van der Waals surface area contributed by atoms with Crippen molar-refractivity contribution in [2.75, 3.05) is 0 Å². The van der Waals surface area contributed by atoms with Crippen molar-refractivity contribution in [2.45, 2.75) is 25.3 Å². The molecular weight excluding hydrogens is 266 g/mol. The van der Waals surface area contributed by atoms with Crippen LogP contribution in [0.15, 0.2) is 42.5 Å². The molecule has 0 aromatic heterocycles. The number of carbonyl (C=O) groups is 2. The maximum Gasteiger partial charge on any atom is 0.306 e. The first kappa shape index (κ1) is 13.6. The van der Waals surface area contributed by atoms with E-state index in [-0.39, 0.29) is 17.9 Å². The van der Waals surface area contributed by atoms with Gasteiger partial charge in [-0.3, -0.25) is 9.59 Å². The van der Waals surface area contributed by atoms with Crippen LogP contribution in [-0.4, -0.2) is 23.0 Å². The minimum absolute atomic E-state index is 0.0130. The molecule has 2 N–H and O–H groups in total. The Balaban J connectivity index is 1.58. The van der Waals surface area contributed by atoms with Crippen LogP contribution in [-0.2, 0) is 16.0 Å². The van der Waals surface area contributed by atoms with Crippen molar-refractivity contribution in [3.8, 4) is 0 Å². The van der Waals surface area contributed by atoms with Crippen LogP contribution >= 0.6 is 0 Å². The van der Waals surface area contributed by atoms with E-state index < -0.39 is 5.97 Å². The molecule has 1 aliphatic rings. The van der Waals surface area contributed by atoms with Crippen molar-refractivity contribution in [3.63, 3.8) is 0 Å². The number of carboxylic acids is 1. The highest BCUT2D eigenvalue weighted by molar-refractivity contribution is 5.85. The van der Waals surface area contributed by atoms with Crippen molar-refractivity contribution in [1.82, 2.24) is 5.32 Å². The number of amides is 1. The van der Waals surface area contributed by atoms with Crippen LogP contribution in [0.3, 0.4) is 0 Å². The highest BCUT2D eigenvalue weighted by Gasteiger charge is 2.35. The van der Waals surface area contributed by atoms with Crippen LogP contribution in [0.1, 0.15) is 18.4 Å². The summed E-state index contributed by atoms with van der Waals surface area (Å²) in [5, 5.41) is 14.0. The van der Waals surface area contributed by atoms with E-state index in [1.54, 1.807) is 0 Å². The van der Waals surface area contributed by atoms with E-state index in [0.717, 1.165) is 16.3 Å². The number of carboxylic acid groups (broad SMARTS) is 1. The zero-order chi connectivity index (χ0) is 14.8. The molecule has 0 saturated heterocycles. The first-order valence-corrected chi connectivity index (χ1v) is 7.11. The predicted molar refractivity (Wildman–Crippen MR) is 79.9 cm³/mol. The third kappa shape index (κ3) is 3.05. The molecule has 0 radical (unpaired) electrons. The molecule has 1 saturated carbocycles. The number of rotatable bonds is 4. The highest BCUT2D eigenvalue weighted by Crippen LogP contribution is 2.27. The lowest BCUT2D eigenvalue weighted by molar-refractivity contribution is -0.146. The van der Waals surface area contributed by atoms with Gasteiger partial charge in [-0.1, -0.05) is 42.5 Å². The third-order valence-corrected chi connectivity index (χ3v) is 4.03. The van der Waals surface area contributed by atoms with Crippen molar-refractivity contribution in [1.29, 1.82) is 0 Å². The standard InChI is InChI=1S/C17H17NO3/c19-16(18-15-9-14(10-15)17(20)21)8-11-5-6-12-3-1-2-4-13(12)7-11/h1-7,14-15H,8-10H2,(H,18,19)(H,20,21). The molecule has 0 heterocycles. The Morgan fingerprint density at radius 2 is 1.81 bits per heavy atom. The van der Waals surface area contributed by atoms with Gasteiger partial charge in [0.2, 0.25) is 5.91 Å². The zero-order valence-electron chi connectivity index (χ0n) is 11.6. The van der Waals surface area contributed by atoms with E-state index in [4.69, 9.17) is 5.11 Å². The Hall–Kier alpha value is -2.36. The fourth-order valence-corrected chi connectivity index (χ4v) is 2.75. The molecule has 21 heavy (non-hydrogen) atoms. The summed E-state index contributed by atoms with van der Waals surface area (Å²) in [5.74, 6) is -1.11. The molecule has 3 rings (SSSR count). The topological polar surface area (TPSA) is 66.4 Å². The van der Waals surface area contributed by atoms with Gasteiger partial charge in [0.05, 0.1) is 12.3 Å². The van der Waals surface area contributed by atoms with Gasteiger partial charge >= 0.3 is 5.97 Å². The summed E-state index contributed by atoms with van der Waals surface area (Å²) in [6.07, 6.45) is 1.41. The summed E-state index contributed by atoms with van der Waals surface area (Å²) in [6.45, 7) is 0. The Bertz CT molecular complexity index is 689. The Morgan fingerprint density at radius 3 is 2.52 bits per heavy atom. The second-order valence-electron chi connectivity index (χ2n) is 5.63. The second-order valence-corrected chi connectivity index (χ2v) is 5.63. The van der Waals surface area contributed by atoms with Gasteiger partial charge in [-0.2, -0.15) is 0 Å². The van der Waals surface area contributed by atoms with E-state index in [1.807, 2.05) is 42.5 Å². The first-order chi connectivity index (χ1) is 10.1. The van der Waals surface area contributed by atoms with Gasteiger partial charge in [-0.05, 0) is 29.2 Å². The van der Waals surface area contributed by atoms with Crippen LogP contribution in [0.4, 0.5) is 0 Å². The summed E-state index contributed by atoms with van der Waals surface area (Å²) in [7, 11) is 0. The van der Waals surface area contributed by atoms with Gasteiger partial charge in [0, 0.05) is 6.04 Å². The summed E-state index contributed by atoms with van der Waals surface area (Å²) in [6, 6.07) is 14.1. The fraction of sp³-hybridized carbons (Fsp3) is 0.294. The van der Waals surface area contributed by atoms with Crippen LogP contribution in [0.2, 0.25) is 0 Å². The Morgan fingerprint density at radius 1 is 1.10 bits per heavy atom. The van der Waals surface area contributed by atoms with Crippen molar-refractivity contribution in [3.05, 3.63) is 48.0 Å². The van der Waals surface area contributed by atoms with Gasteiger partial charge in [0.25, 0.3) is 0 Å². The molecule has 0 aliphatic heterocycles. The number of aliphatic carboxylic acids is 1. The van der Waals surface area contributed by atoms with E-state index in [1.165, 1.54) is 0 Å². The Labute approximate surface area is 122 Å². The summed E-state index contributed by atoms with van der Waals surface area (Å²) in [4.78, 5) is 22.7. The van der Waals surface area contributed by atoms with Crippen LogP contribution in [0.5, 0.6) is 0 Å². The van der Waals surface area contributed by atoms with Crippen LogP contribution in [0, 0.1) is 5.92 Å². The fourth-order valence-electron chi connectivity index (χ4n) is 2.75. The maximum atomic E-state index is 12.0. The average molecular weight is 283 g/mol. The van der Waals surface area contributed by atoms with Crippen molar-refractivity contribution < 1.29 is 14.7 Å². The predicted octanol–water partition coefficient (Wildman–Crippen LogP) is 2.36. The largest absolute Gasteiger partial charge is 0.481 e. The van der Waals surface area contributed by atoms with E-state index in [0.29, 0.717) is 19.3 Å². The smallest absolute Gasteiger partial charge is 0.306 e. The highest BCUT2D eigenvalue weighted by atomic mass is 16.4. The van der Waals surface area contributed by atoms with Gasteiger partial charge in [0.15, 0.2) is 0 Å². The molecule has 1 fully saturated rings. The number of fused-ring (bicyclic) bond motifs is 1. The molecule has 0 unspecified atom stereocenters. The maximum absolute atomic E-state index is 12.0. The minimum atomic E-state index is -0.768. The minimum Gasteiger partial charge on any atom is -0.481 e. The number of carbonyl (C=O) groups excluding carboxylic acids is 1. The van der Waals surface area contributed by atoms with E-state index in [2.05, 4.69) is 5.32 Å². The molecule has 108 valence electrons. The van der Waals surface area contributed by atoms with Crippen LogP contribution in [0.25, 0.3) is 10.8 Å². The normalized spacial score (nSPS) is 20.8. The van der Waals surface area contributed by atoms with Crippen molar-refractivity contribution >= 4 is 22.6 Å². The number of nitrogens with one attached hydrogen (secondary N) is 1. The molecule has 2 aromatic carbocycles. The molecule has 4 heteroatoms. The van der Waals surface area contributed by atoms with Gasteiger partial charge in [-0.15, -0.1) is 0 Å². The molecule has 1 aliphatic carbocycles. The zero-order valence-corrected chi connectivity index (χ0v) is 11.6. The molecule has 4 nitrogen and oxygen atoms in total. The summed E-state index contributed by atoms with van der Waals surface area (Å²) >= 11 is 0. The average Bonchev–Trinajstić information content (AvgIpc) is 2.42. The lowest BCUT2D eigenvalue weighted by Crippen LogP contribution is -2.47. The SMILES string of the molecule is O=C(Cc1ccc2ccccc2c1)NC1CC(C(=O)O)C1. The molecule has 0 spiro atoms.